The Bertz CT molecular complexity index is 472. The van der Waals surface area contributed by atoms with Gasteiger partial charge >= 0.3 is 0 Å². The van der Waals surface area contributed by atoms with Crippen LogP contribution in [0.15, 0.2) is 22.7 Å². The summed E-state index contributed by atoms with van der Waals surface area (Å²) in [6.45, 7) is 8.67. The average molecular weight is 354 g/mol. The number of benzene rings is 1. The van der Waals surface area contributed by atoms with E-state index < -0.39 is 0 Å². The van der Waals surface area contributed by atoms with E-state index in [9.17, 15) is 0 Å². The van der Waals surface area contributed by atoms with Crippen LogP contribution in [-0.4, -0.2) is 13.2 Å². The Balaban J connectivity index is 1.93. The second-order valence-corrected chi connectivity index (χ2v) is 8.16. The van der Waals surface area contributed by atoms with Gasteiger partial charge in [-0.15, -0.1) is 0 Å². The zero-order valence-electron chi connectivity index (χ0n) is 13.7. The maximum absolute atomic E-state index is 6.21. The Morgan fingerprint density at radius 2 is 2.10 bits per heavy atom. The van der Waals surface area contributed by atoms with Gasteiger partial charge < -0.3 is 10.1 Å². The van der Waals surface area contributed by atoms with Crippen LogP contribution in [0.25, 0.3) is 0 Å². The van der Waals surface area contributed by atoms with Crippen LogP contribution in [0, 0.1) is 11.3 Å². The molecule has 1 aliphatic rings. The maximum Gasteiger partial charge on any atom is 0.0731 e. The summed E-state index contributed by atoms with van der Waals surface area (Å²) in [4.78, 5) is 0. The third-order valence-electron chi connectivity index (χ3n) is 4.32. The van der Waals surface area contributed by atoms with Crippen LogP contribution in [-0.2, 0) is 17.9 Å². The monoisotopic (exact) mass is 353 g/mol. The molecule has 0 bridgehead atoms. The molecular weight excluding hydrogens is 326 g/mol. The quantitative estimate of drug-likeness (QED) is 0.812. The van der Waals surface area contributed by atoms with Gasteiger partial charge in [0.2, 0.25) is 0 Å². The summed E-state index contributed by atoms with van der Waals surface area (Å²) < 4.78 is 7.36. The van der Waals surface area contributed by atoms with E-state index in [2.05, 4.69) is 60.2 Å². The van der Waals surface area contributed by atoms with Crippen LogP contribution in [0.3, 0.4) is 0 Å². The van der Waals surface area contributed by atoms with E-state index in [-0.39, 0.29) is 0 Å². The molecule has 21 heavy (non-hydrogen) atoms. The molecule has 0 aliphatic heterocycles. The molecule has 1 aromatic rings. The first-order chi connectivity index (χ1) is 9.89. The van der Waals surface area contributed by atoms with Crippen molar-refractivity contribution in [3.8, 4) is 0 Å². The fourth-order valence-electron chi connectivity index (χ4n) is 3.61. The summed E-state index contributed by atoms with van der Waals surface area (Å²) >= 11 is 3.67. The van der Waals surface area contributed by atoms with Crippen LogP contribution in [0.5, 0.6) is 0 Å². The van der Waals surface area contributed by atoms with E-state index >= 15 is 0 Å². The van der Waals surface area contributed by atoms with Crippen molar-refractivity contribution in [2.45, 2.75) is 59.3 Å². The maximum atomic E-state index is 6.21. The molecule has 3 heteroatoms. The van der Waals surface area contributed by atoms with Crippen LogP contribution < -0.4 is 5.32 Å². The molecule has 2 nitrogen and oxygen atoms in total. The molecule has 0 amide bonds. The van der Waals surface area contributed by atoms with Crippen LogP contribution in [0.1, 0.15) is 51.2 Å². The summed E-state index contributed by atoms with van der Waals surface area (Å²) in [5.74, 6) is 0.764. The zero-order chi connectivity index (χ0) is 15.5. The molecule has 2 atom stereocenters. The average Bonchev–Trinajstić information content (AvgIpc) is 2.35. The second-order valence-electron chi connectivity index (χ2n) is 7.30. The smallest absolute Gasteiger partial charge is 0.0731 e. The first-order valence-electron chi connectivity index (χ1n) is 7.93. The lowest BCUT2D eigenvalue weighted by molar-refractivity contribution is -0.0317. The normalized spacial score (nSPS) is 25.0. The first-order valence-corrected chi connectivity index (χ1v) is 8.72. The Hall–Kier alpha value is -0.380. The van der Waals surface area contributed by atoms with E-state index in [0.717, 1.165) is 16.9 Å². The molecular formula is C18H28BrNO. The summed E-state index contributed by atoms with van der Waals surface area (Å²) in [6.07, 6.45) is 4.08. The van der Waals surface area contributed by atoms with Crippen molar-refractivity contribution in [3.05, 3.63) is 33.8 Å². The van der Waals surface area contributed by atoms with E-state index in [1.165, 1.54) is 30.4 Å². The highest BCUT2D eigenvalue weighted by Gasteiger charge is 2.32. The molecule has 0 radical (unpaired) electrons. The third kappa shape index (κ3) is 5.08. The topological polar surface area (TPSA) is 21.3 Å². The van der Waals surface area contributed by atoms with E-state index in [1.807, 2.05) is 7.05 Å². The SMILES string of the molecule is CNCc1ccc(COC2CC(C)CC(C)(C)C2)c(Br)c1. The number of hydrogen-bond acceptors (Lipinski definition) is 2. The lowest BCUT2D eigenvalue weighted by atomic mass is 9.71. The number of ether oxygens (including phenoxy) is 1. The van der Waals surface area contributed by atoms with Crippen molar-refractivity contribution < 1.29 is 4.74 Å². The van der Waals surface area contributed by atoms with Gasteiger partial charge in [0.05, 0.1) is 12.7 Å². The lowest BCUT2D eigenvalue weighted by Gasteiger charge is -2.38. The third-order valence-corrected chi connectivity index (χ3v) is 5.06. The predicted octanol–water partition coefficient (Wildman–Crippen LogP) is 4.90. The molecule has 1 aliphatic carbocycles. The second kappa shape index (κ2) is 7.26. The molecule has 2 unspecified atom stereocenters. The predicted molar refractivity (Wildman–Crippen MR) is 92.3 cm³/mol. The summed E-state index contributed by atoms with van der Waals surface area (Å²) in [6, 6.07) is 6.53. The Morgan fingerprint density at radius 1 is 1.33 bits per heavy atom. The Morgan fingerprint density at radius 3 is 2.71 bits per heavy atom. The minimum atomic E-state index is 0.396. The lowest BCUT2D eigenvalue weighted by Crippen LogP contribution is -2.32. The van der Waals surface area contributed by atoms with Crippen molar-refractivity contribution >= 4 is 15.9 Å². The van der Waals surface area contributed by atoms with Crippen molar-refractivity contribution in [3.63, 3.8) is 0 Å². The van der Waals surface area contributed by atoms with E-state index in [4.69, 9.17) is 4.74 Å². The Kier molecular flexibility index (Phi) is 5.87. The van der Waals surface area contributed by atoms with Gasteiger partial charge in [0, 0.05) is 11.0 Å². The molecule has 118 valence electrons. The van der Waals surface area contributed by atoms with Crippen LogP contribution in [0.2, 0.25) is 0 Å². The van der Waals surface area contributed by atoms with Gasteiger partial charge in [0.15, 0.2) is 0 Å². The van der Waals surface area contributed by atoms with Crippen molar-refractivity contribution in [1.82, 2.24) is 5.32 Å². The largest absolute Gasteiger partial charge is 0.373 e. The van der Waals surface area contributed by atoms with Crippen molar-refractivity contribution in [2.75, 3.05) is 7.05 Å². The molecule has 2 rings (SSSR count). The van der Waals surface area contributed by atoms with Gasteiger partial charge in [0.1, 0.15) is 0 Å². The van der Waals surface area contributed by atoms with E-state index in [1.54, 1.807) is 0 Å². The first kappa shape index (κ1) is 17.0. The fourth-order valence-corrected chi connectivity index (χ4v) is 4.16. The molecule has 1 N–H and O–H groups in total. The summed E-state index contributed by atoms with van der Waals surface area (Å²) in [7, 11) is 1.97. The van der Waals surface area contributed by atoms with Gasteiger partial charge in [-0.2, -0.15) is 0 Å². The summed E-state index contributed by atoms with van der Waals surface area (Å²) in [5.41, 5.74) is 2.95. The van der Waals surface area contributed by atoms with Gasteiger partial charge in [0.25, 0.3) is 0 Å². The molecule has 0 saturated heterocycles. The molecule has 1 saturated carbocycles. The van der Waals surface area contributed by atoms with Gasteiger partial charge in [-0.05, 0) is 54.8 Å². The highest BCUT2D eigenvalue weighted by molar-refractivity contribution is 9.10. The number of rotatable bonds is 5. The van der Waals surface area contributed by atoms with Crippen LogP contribution >= 0.6 is 15.9 Å². The highest BCUT2D eigenvalue weighted by Crippen LogP contribution is 2.40. The zero-order valence-corrected chi connectivity index (χ0v) is 15.3. The number of halogens is 1. The van der Waals surface area contributed by atoms with Gasteiger partial charge in [-0.3, -0.25) is 0 Å². The molecule has 0 heterocycles. The molecule has 0 aromatic heterocycles. The minimum absolute atomic E-state index is 0.396. The van der Waals surface area contributed by atoms with Crippen LogP contribution in [0.4, 0.5) is 0 Å². The van der Waals surface area contributed by atoms with Gasteiger partial charge in [-0.25, -0.2) is 0 Å². The number of hydrogen-bond donors (Lipinski definition) is 1. The molecule has 0 spiro atoms. The molecule has 1 aromatic carbocycles. The summed E-state index contributed by atoms with van der Waals surface area (Å²) in [5, 5.41) is 3.18. The standard InChI is InChI=1S/C18H28BrNO/c1-13-7-16(10-18(2,3)9-13)21-12-15-6-5-14(11-20-4)8-17(15)19/h5-6,8,13,16,20H,7,9-12H2,1-4H3. The molecule has 1 fully saturated rings. The fraction of sp³-hybridized carbons (Fsp3) is 0.667. The highest BCUT2D eigenvalue weighted by atomic mass is 79.9. The minimum Gasteiger partial charge on any atom is -0.373 e. The number of nitrogens with one attached hydrogen (secondary N) is 1. The Labute approximate surface area is 137 Å². The van der Waals surface area contributed by atoms with Crippen molar-refractivity contribution in [1.29, 1.82) is 0 Å². The van der Waals surface area contributed by atoms with Crippen molar-refractivity contribution in [2.24, 2.45) is 11.3 Å². The van der Waals surface area contributed by atoms with E-state index in [0.29, 0.717) is 18.1 Å². The van der Waals surface area contributed by atoms with Gasteiger partial charge in [-0.1, -0.05) is 48.8 Å².